The van der Waals surface area contributed by atoms with Gasteiger partial charge in [0.1, 0.15) is 16.8 Å². The second-order valence-electron chi connectivity index (χ2n) is 6.22. The lowest BCUT2D eigenvalue weighted by molar-refractivity contribution is 0.414. The molecule has 30 heavy (non-hydrogen) atoms. The smallest absolute Gasteiger partial charge is 0.219 e. The zero-order chi connectivity index (χ0) is 21.4. The molecule has 3 aromatic rings. The highest BCUT2D eigenvalue weighted by atomic mass is 32.2. The van der Waals surface area contributed by atoms with E-state index in [-0.39, 0.29) is 14.8 Å². The summed E-state index contributed by atoms with van der Waals surface area (Å²) < 4.78 is 31.6. The minimum Gasteiger partial charge on any atom is -0.497 e. The fourth-order valence-electron chi connectivity index (χ4n) is 2.68. The average Bonchev–Trinajstić information content (AvgIpc) is 2.79. The van der Waals surface area contributed by atoms with Gasteiger partial charge in [-0.25, -0.2) is 8.42 Å². The van der Waals surface area contributed by atoms with Gasteiger partial charge in [0.05, 0.1) is 12.0 Å². The van der Waals surface area contributed by atoms with Crippen molar-refractivity contribution in [2.45, 2.75) is 10.6 Å². The molecule has 0 aliphatic heterocycles. The minimum atomic E-state index is -3.98. The number of ether oxygens (including phenoxy) is 1. The van der Waals surface area contributed by atoms with E-state index in [1.54, 1.807) is 25.3 Å². The van der Waals surface area contributed by atoms with Crippen LogP contribution in [0.3, 0.4) is 0 Å². The summed E-state index contributed by atoms with van der Waals surface area (Å²) in [5.41, 5.74) is 1.64. The maximum absolute atomic E-state index is 13.2. The number of hydrogen-bond donors (Lipinski definition) is 1. The Balaban J connectivity index is 2.01. The van der Waals surface area contributed by atoms with Crippen LogP contribution in [-0.4, -0.2) is 15.5 Å². The van der Waals surface area contributed by atoms with E-state index in [2.05, 4.69) is 5.32 Å². The molecular formula is C23H20N2O3S2. The van der Waals surface area contributed by atoms with Crippen molar-refractivity contribution in [1.29, 1.82) is 5.26 Å². The summed E-state index contributed by atoms with van der Waals surface area (Å²) in [5, 5.41) is 13.2. The molecule has 0 amide bonds. The van der Waals surface area contributed by atoms with Crippen LogP contribution in [0.4, 0.5) is 5.69 Å². The van der Waals surface area contributed by atoms with Crippen LogP contribution in [0.25, 0.3) is 0 Å². The Morgan fingerprint density at radius 1 is 1.00 bits per heavy atom. The van der Waals surface area contributed by atoms with Gasteiger partial charge >= 0.3 is 0 Å². The summed E-state index contributed by atoms with van der Waals surface area (Å²) in [6.07, 6.45) is 0. The van der Waals surface area contributed by atoms with Crippen molar-refractivity contribution < 1.29 is 13.2 Å². The van der Waals surface area contributed by atoms with Gasteiger partial charge in [-0.15, -0.1) is 11.8 Å². The normalized spacial score (nSPS) is 11.9. The van der Waals surface area contributed by atoms with Gasteiger partial charge in [0, 0.05) is 11.4 Å². The first kappa shape index (κ1) is 21.5. The third-order valence-corrected chi connectivity index (χ3v) is 7.11. The van der Waals surface area contributed by atoms with Crippen LogP contribution in [0, 0.1) is 11.3 Å². The lowest BCUT2D eigenvalue weighted by Gasteiger charge is -2.14. The van der Waals surface area contributed by atoms with E-state index in [9.17, 15) is 13.7 Å². The third kappa shape index (κ3) is 5.23. The molecule has 0 heterocycles. The van der Waals surface area contributed by atoms with Crippen molar-refractivity contribution in [2.24, 2.45) is 0 Å². The molecule has 3 aromatic carbocycles. The van der Waals surface area contributed by atoms with Crippen molar-refractivity contribution >= 4 is 27.3 Å². The van der Waals surface area contributed by atoms with Gasteiger partial charge in [0.2, 0.25) is 9.84 Å². The number of nitrogens with zero attached hydrogens (tertiary/aromatic N) is 1. The summed E-state index contributed by atoms with van der Waals surface area (Å²) in [4.78, 5) is -0.235. The molecule has 0 aromatic heterocycles. The van der Waals surface area contributed by atoms with Crippen molar-refractivity contribution in [3.63, 3.8) is 0 Å². The summed E-state index contributed by atoms with van der Waals surface area (Å²) in [5.74, 6) is 1.18. The van der Waals surface area contributed by atoms with Crippen LogP contribution in [0.2, 0.25) is 0 Å². The number of para-hydroxylation sites is 1. The van der Waals surface area contributed by atoms with Crippen LogP contribution in [0.1, 0.15) is 5.56 Å². The van der Waals surface area contributed by atoms with E-state index in [0.29, 0.717) is 17.2 Å². The summed E-state index contributed by atoms with van der Waals surface area (Å²) in [7, 11) is -2.39. The Bertz CT molecular complexity index is 1170. The quantitative estimate of drug-likeness (QED) is 0.489. The number of methoxy groups -OCH3 is 1. The molecule has 0 saturated carbocycles. The molecule has 7 heteroatoms. The lowest BCUT2D eigenvalue weighted by atomic mass is 10.2. The number of nitrogens with one attached hydrogen (secondary N) is 1. The Morgan fingerprint density at radius 3 is 2.30 bits per heavy atom. The first-order valence-electron chi connectivity index (χ1n) is 9.07. The number of hydrogen-bond acceptors (Lipinski definition) is 6. The molecule has 0 saturated heterocycles. The van der Waals surface area contributed by atoms with Crippen molar-refractivity contribution in [3.05, 3.63) is 100 Å². The third-order valence-electron chi connectivity index (χ3n) is 4.18. The molecule has 0 radical (unpaired) electrons. The van der Waals surface area contributed by atoms with Crippen molar-refractivity contribution in [1.82, 2.24) is 0 Å². The Morgan fingerprint density at radius 2 is 1.67 bits per heavy atom. The molecule has 0 spiro atoms. The predicted octanol–water partition coefficient (Wildman–Crippen LogP) is 5.21. The maximum Gasteiger partial charge on any atom is 0.219 e. The molecule has 1 N–H and O–H groups in total. The number of allylic oxidation sites excluding steroid dienone is 1. The van der Waals surface area contributed by atoms with E-state index in [4.69, 9.17) is 4.74 Å². The second-order valence-corrected chi connectivity index (χ2v) is 9.09. The van der Waals surface area contributed by atoms with Crippen LogP contribution in [0.15, 0.2) is 99.8 Å². The Hall–Kier alpha value is -3.21. The van der Waals surface area contributed by atoms with Crippen LogP contribution < -0.4 is 10.1 Å². The first-order chi connectivity index (χ1) is 14.5. The fraction of sp³-hybridized carbons (Fsp3) is 0.0870. The molecule has 0 atom stereocenters. The molecule has 0 unspecified atom stereocenters. The van der Waals surface area contributed by atoms with Gasteiger partial charge in [0.25, 0.3) is 0 Å². The molecule has 0 bridgehead atoms. The largest absolute Gasteiger partial charge is 0.497 e. The molecular weight excluding hydrogens is 416 g/mol. The topological polar surface area (TPSA) is 79.2 Å². The van der Waals surface area contributed by atoms with E-state index in [1.807, 2.05) is 60.7 Å². The zero-order valence-electron chi connectivity index (χ0n) is 16.3. The summed E-state index contributed by atoms with van der Waals surface area (Å²) in [6.45, 7) is 0. The maximum atomic E-state index is 13.2. The number of thioether (sulfide) groups is 1. The highest BCUT2D eigenvalue weighted by molar-refractivity contribution is 8.04. The average molecular weight is 437 g/mol. The predicted molar refractivity (Wildman–Crippen MR) is 121 cm³/mol. The van der Waals surface area contributed by atoms with E-state index in [0.717, 1.165) is 5.56 Å². The lowest BCUT2D eigenvalue weighted by Crippen LogP contribution is -2.10. The molecule has 0 aliphatic carbocycles. The van der Waals surface area contributed by atoms with Gasteiger partial charge < -0.3 is 10.1 Å². The van der Waals surface area contributed by atoms with Gasteiger partial charge in [-0.3, -0.25) is 0 Å². The van der Waals surface area contributed by atoms with Gasteiger partial charge in [0.15, 0.2) is 4.91 Å². The van der Waals surface area contributed by atoms with Crippen LogP contribution in [-0.2, 0) is 15.6 Å². The van der Waals surface area contributed by atoms with Crippen molar-refractivity contribution in [2.75, 3.05) is 12.4 Å². The second kappa shape index (κ2) is 10.0. The van der Waals surface area contributed by atoms with Crippen molar-refractivity contribution in [3.8, 4) is 11.8 Å². The van der Waals surface area contributed by atoms with Crippen LogP contribution >= 0.6 is 11.8 Å². The number of benzene rings is 3. The Kier molecular flexibility index (Phi) is 7.17. The number of rotatable bonds is 8. The number of nitriles is 1. The highest BCUT2D eigenvalue weighted by Gasteiger charge is 2.25. The first-order valence-corrected chi connectivity index (χ1v) is 11.5. The van der Waals surface area contributed by atoms with Gasteiger partial charge in [-0.2, -0.15) is 5.26 Å². The molecule has 0 aliphatic rings. The molecule has 0 fully saturated rings. The minimum absolute atomic E-state index is 0.0795. The van der Waals surface area contributed by atoms with E-state index < -0.39 is 9.84 Å². The van der Waals surface area contributed by atoms with Gasteiger partial charge in [-0.05, 0) is 42.0 Å². The highest BCUT2D eigenvalue weighted by Crippen LogP contribution is 2.31. The number of anilines is 1. The molecule has 3 rings (SSSR count). The summed E-state index contributed by atoms with van der Waals surface area (Å²) in [6, 6.07) is 26.6. The van der Waals surface area contributed by atoms with Crippen LogP contribution in [0.5, 0.6) is 5.75 Å². The SMILES string of the molecule is COc1cccc(CS/C(Nc2ccccc2)=C(\C#N)S(=O)(=O)c2ccccc2)c1. The summed E-state index contributed by atoms with van der Waals surface area (Å²) >= 11 is 1.25. The van der Waals surface area contributed by atoms with E-state index in [1.165, 1.54) is 23.9 Å². The number of sulfone groups is 1. The fourth-order valence-corrected chi connectivity index (χ4v) is 5.21. The Labute approximate surface area is 180 Å². The zero-order valence-corrected chi connectivity index (χ0v) is 17.9. The van der Waals surface area contributed by atoms with Gasteiger partial charge in [-0.1, -0.05) is 48.5 Å². The standard InChI is InChI=1S/C23H20N2O3S2/c1-28-20-12-8-9-18(15-20)17-29-23(25-19-10-4-2-5-11-19)22(16-24)30(26,27)21-13-6-3-7-14-21/h2-15,25H,17H2,1H3/b23-22+. The van der Waals surface area contributed by atoms with E-state index >= 15 is 0 Å². The monoisotopic (exact) mass is 436 g/mol. The molecule has 152 valence electrons. The molecule has 5 nitrogen and oxygen atoms in total.